The third-order valence-corrected chi connectivity index (χ3v) is 3.66. The lowest BCUT2D eigenvalue weighted by atomic mass is 10.3. The van der Waals surface area contributed by atoms with E-state index < -0.39 is 22.0 Å². The molecule has 0 unspecified atom stereocenters. The van der Waals surface area contributed by atoms with E-state index in [1.165, 1.54) is 33.4 Å². The molecule has 0 fully saturated rings. The number of ether oxygens (including phenoxy) is 2. The lowest BCUT2D eigenvalue weighted by molar-refractivity contribution is 0.101. The Morgan fingerprint density at radius 2 is 1.77 bits per heavy atom. The third kappa shape index (κ3) is 4.79. The first kappa shape index (κ1) is 18.9. The number of Topliss-reactive ketones (excluding diaryl/α,β-unsaturated/α-hetero) is 1. The molecule has 0 aromatic carbocycles. The maximum atomic E-state index is 12.0. The largest absolute Gasteiger partial charge is 0.481 e. The van der Waals surface area contributed by atoms with Crippen molar-refractivity contribution in [3.63, 3.8) is 0 Å². The van der Waals surface area contributed by atoms with E-state index in [0.29, 0.717) is 0 Å². The van der Waals surface area contributed by atoms with E-state index in [2.05, 4.69) is 20.3 Å². The van der Waals surface area contributed by atoms with E-state index in [1.807, 2.05) is 4.83 Å². The maximum absolute atomic E-state index is 12.0. The van der Waals surface area contributed by atoms with Crippen LogP contribution in [0.5, 0.6) is 11.8 Å². The molecule has 13 nitrogen and oxygen atoms in total. The van der Waals surface area contributed by atoms with Crippen LogP contribution in [0.25, 0.3) is 0 Å². The molecule has 2 heterocycles. The zero-order chi connectivity index (χ0) is 19.3. The van der Waals surface area contributed by atoms with Crippen LogP contribution < -0.4 is 24.3 Å². The first-order valence-corrected chi connectivity index (χ1v) is 8.34. The van der Waals surface area contributed by atoms with Gasteiger partial charge in [-0.05, 0) is 0 Å². The van der Waals surface area contributed by atoms with Crippen LogP contribution in [0, 0.1) is 0 Å². The number of hydrogen-bond donors (Lipinski definition) is 3. The predicted molar refractivity (Wildman–Crippen MR) is 87.8 cm³/mol. The Bertz CT molecular complexity index is 904. The number of hydrogen-bond acceptors (Lipinski definition) is 9. The molecule has 2 aromatic heterocycles. The van der Waals surface area contributed by atoms with E-state index in [-0.39, 0.29) is 23.4 Å². The summed E-state index contributed by atoms with van der Waals surface area (Å²) in [5.74, 6) is -0.484. The fourth-order valence-corrected chi connectivity index (χ4v) is 2.44. The second-order valence-corrected chi connectivity index (χ2v) is 6.03. The maximum Gasteiger partial charge on any atom is 0.338 e. The molecule has 0 spiro atoms. The highest BCUT2D eigenvalue weighted by molar-refractivity contribution is 7.90. The fraction of sp³-hybridized carbons (Fsp3) is 0.250. The molecule has 14 heteroatoms. The van der Waals surface area contributed by atoms with Crippen molar-refractivity contribution in [3.8, 4) is 11.8 Å². The van der Waals surface area contributed by atoms with Crippen molar-refractivity contribution in [2.45, 2.75) is 6.92 Å². The SMILES string of the molecule is COc1cc(OC)nc(NC(=O)NS(=O)(=O)Nn2cncc2C(C)=O)n1. The monoisotopic (exact) mass is 385 g/mol. The highest BCUT2D eigenvalue weighted by Gasteiger charge is 2.18. The molecule has 0 saturated carbocycles. The number of imidazole rings is 1. The molecule has 0 aliphatic carbocycles. The highest BCUT2D eigenvalue weighted by Crippen LogP contribution is 2.17. The lowest BCUT2D eigenvalue weighted by Gasteiger charge is -2.12. The quantitative estimate of drug-likeness (QED) is 0.532. The standard InChI is InChI=1S/C12H15N7O6S/c1-7(20)8-5-13-6-19(8)18-26(22,23)17-12(21)16-11-14-9(24-2)4-10(15-11)25-3/h4-6,18H,1-3H3,(H2,14,15,16,17,21). The van der Waals surface area contributed by atoms with Gasteiger partial charge in [-0.25, -0.2) is 24.0 Å². The van der Waals surface area contributed by atoms with E-state index in [9.17, 15) is 18.0 Å². The van der Waals surface area contributed by atoms with E-state index in [0.717, 1.165) is 11.0 Å². The Balaban J connectivity index is 2.09. The summed E-state index contributed by atoms with van der Waals surface area (Å²) in [5.41, 5.74) is -0.0170. The number of nitrogens with one attached hydrogen (secondary N) is 3. The van der Waals surface area contributed by atoms with Crippen LogP contribution in [-0.2, 0) is 10.2 Å². The van der Waals surface area contributed by atoms with Gasteiger partial charge in [0, 0.05) is 6.92 Å². The molecule has 2 rings (SSSR count). The molecule has 0 aliphatic rings. The van der Waals surface area contributed by atoms with Crippen molar-refractivity contribution in [2.75, 3.05) is 24.4 Å². The molecule has 0 bridgehead atoms. The van der Waals surface area contributed by atoms with Crippen LogP contribution >= 0.6 is 0 Å². The van der Waals surface area contributed by atoms with E-state index >= 15 is 0 Å². The van der Waals surface area contributed by atoms with Crippen molar-refractivity contribution in [1.29, 1.82) is 0 Å². The summed E-state index contributed by atoms with van der Waals surface area (Å²) < 4.78 is 36.3. The minimum atomic E-state index is -4.37. The van der Waals surface area contributed by atoms with Gasteiger partial charge in [0.15, 0.2) is 5.78 Å². The van der Waals surface area contributed by atoms with E-state index in [1.54, 1.807) is 4.72 Å². The van der Waals surface area contributed by atoms with Gasteiger partial charge in [0.05, 0.1) is 26.5 Å². The summed E-state index contributed by atoms with van der Waals surface area (Å²) in [4.78, 5) is 36.5. The van der Waals surface area contributed by atoms with Gasteiger partial charge in [-0.1, -0.05) is 0 Å². The van der Waals surface area contributed by atoms with Crippen molar-refractivity contribution in [2.24, 2.45) is 0 Å². The van der Waals surface area contributed by atoms with Gasteiger partial charge < -0.3 is 9.47 Å². The van der Waals surface area contributed by atoms with Crippen LogP contribution in [0.2, 0.25) is 0 Å². The molecule has 140 valence electrons. The van der Waals surface area contributed by atoms with Crippen molar-refractivity contribution in [3.05, 3.63) is 24.3 Å². The Kier molecular flexibility index (Phi) is 5.56. The molecular weight excluding hydrogens is 370 g/mol. The Hall–Kier alpha value is -3.42. The summed E-state index contributed by atoms with van der Waals surface area (Å²) in [6, 6.07) is 0.210. The zero-order valence-electron chi connectivity index (χ0n) is 13.9. The van der Waals surface area contributed by atoms with Crippen LogP contribution in [0.1, 0.15) is 17.4 Å². The van der Waals surface area contributed by atoms with Crippen LogP contribution in [-0.4, -0.2) is 54.1 Å². The molecule has 3 N–H and O–H groups in total. The number of nitrogens with zero attached hydrogens (tertiary/aromatic N) is 4. The van der Waals surface area contributed by atoms with Gasteiger partial charge in [0.25, 0.3) is 0 Å². The Morgan fingerprint density at radius 3 is 2.31 bits per heavy atom. The summed E-state index contributed by atoms with van der Waals surface area (Å²) >= 11 is 0. The minimum Gasteiger partial charge on any atom is -0.481 e. The lowest BCUT2D eigenvalue weighted by Crippen LogP contribution is -2.41. The Morgan fingerprint density at radius 1 is 1.15 bits per heavy atom. The van der Waals surface area contributed by atoms with Crippen LogP contribution in [0.4, 0.5) is 10.7 Å². The normalized spacial score (nSPS) is 10.7. The average Bonchev–Trinajstić information content (AvgIpc) is 3.01. The molecule has 0 aliphatic heterocycles. The van der Waals surface area contributed by atoms with Crippen LogP contribution in [0.15, 0.2) is 18.6 Å². The molecule has 2 amide bonds. The number of urea groups is 1. The number of carbonyl (C=O) groups is 2. The van der Waals surface area contributed by atoms with Gasteiger partial charge in [0.2, 0.25) is 17.7 Å². The summed E-state index contributed by atoms with van der Waals surface area (Å²) in [6.45, 7) is 1.23. The fourth-order valence-electron chi connectivity index (χ4n) is 1.70. The average molecular weight is 385 g/mol. The van der Waals surface area contributed by atoms with Gasteiger partial charge in [0.1, 0.15) is 12.0 Å². The third-order valence-electron chi connectivity index (χ3n) is 2.77. The van der Waals surface area contributed by atoms with Gasteiger partial charge >= 0.3 is 16.2 Å². The second kappa shape index (κ2) is 7.64. The first-order valence-electron chi connectivity index (χ1n) is 6.86. The van der Waals surface area contributed by atoms with Gasteiger partial charge in [-0.2, -0.15) is 18.4 Å². The zero-order valence-corrected chi connectivity index (χ0v) is 14.7. The smallest absolute Gasteiger partial charge is 0.338 e. The molecule has 26 heavy (non-hydrogen) atoms. The van der Waals surface area contributed by atoms with Gasteiger partial charge in [-0.3, -0.25) is 10.1 Å². The Labute approximate surface area is 147 Å². The topological polar surface area (TPSA) is 166 Å². The molecular formula is C12H15N7O6S. The molecule has 0 radical (unpaired) electrons. The number of rotatable bonds is 7. The first-order chi connectivity index (χ1) is 12.2. The summed E-state index contributed by atoms with van der Waals surface area (Å²) in [7, 11) is -1.68. The second-order valence-electron chi connectivity index (χ2n) is 4.63. The van der Waals surface area contributed by atoms with Crippen molar-refractivity contribution < 1.29 is 27.5 Å². The number of methoxy groups -OCH3 is 2. The summed E-state index contributed by atoms with van der Waals surface area (Å²) in [5, 5.41) is 2.12. The number of carbonyl (C=O) groups excluding carboxylic acids is 2. The molecule has 0 saturated heterocycles. The van der Waals surface area contributed by atoms with Crippen LogP contribution in [0.3, 0.4) is 0 Å². The van der Waals surface area contributed by atoms with Gasteiger partial charge in [-0.15, -0.1) is 0 Å². The summed E-state index contributed by atoms with van der Waals surface area (Å²) in [6.07, 6.45) is 2.23. The number of aromatic nitrogens is 4. The molecule has 2 aromatic rings. The highest BCUT2D eigenvalue weighted by atomic mass is 32.2. The number of anilines is 1. The minimum absolute atomic E-state index is 0.0170. The van der Waals surface area contributed by atoms with Crippen molar-refractivity contribution in [1.82, 2.24) is 24.4 Å². The number of amides is 2. The number of ketones is 1. The molecule has 0 atom stereocenters. The van der Waals surface area contributed by atoms with E-state index in [4.69, 9.17) is 9.47 Å². The van der Waals surface area contributed by atoms with Crippen molar-refractivity contribution >= 4 is 28.0 Å². The predicted octanol–water partition coefficient (Wildman–Crippen LogP) is -0.497.